The molecular weight excluding hydrogens is 150 g/mol. The summed E-state index contributed by atoms with van der Waals surface area (Å²) in [5.74, 6) is 0.691. The lowest BCUT2D eigenvalue weighted by Crippen LogP contribution is -2.35. The standard InChI is InChI=1S/C10H21NO/c1-4-11-6-5-10(12)9(11)7-8(2)3/h8-10,12H,4-7H2,1-3H3/t9-,10+/m1/s1. The molecule has 1 fully saturated rings. The second-order valence-electron chi connectivity index (χ2n) is 4.18. The van der Waals surface area contributed by atoms with E-state index in [0.717, 1.165) is 25.9 Å². The van der Waals surface area contributed by atoms with Gasteiger partial charge in [-0.05, 0) is 25.3 Å². The van der Waals surface area contributed by atoms with Gasteiger partial charge in [-0.15, -0.1) is 0 Å². The Balaban J connectivity index is 2.46. The molecule has 2 nitrogen and oxygen atoms in total. The van der Waals surface area contributed by atoms with Crippen molar-refractivity contribution in [2.24, 2.45) is 5.92 Å². The van der Waals surface area contributed by atoms with Crippen molar-refractivity contribution >= 4 is 0 Å². The molecule has 0 aliphatic carbocycles. The average Bonchev–Trinajstić information content (AvgIpc) is 2.32. The van der Waals surface area contributed by atoms with Crippen LogP contribution in [0, 0.1) is 5.92 Å². The van der Waals surface area contributed by atoms with E-state index in [1.165, 1.54) is 0 Å². The predicted molar refractivity (Wildman–Crippen MR) is 51.1 cm³/mol. The summed E-state index contributed by atoms with van der Waals surface area (Å²) in [4.78, 5) is 2.39. The quantitative estimate of drug-likeness (QED) is 0.695. The number of aliphatic hydroxyl groups is 1. The first-order valence-electron chi connectivity index (χ1n) is 5.07. The molecule has 12 heavy (non-hydrogen) atoms. The second-order valence-corrected chi connectivity index (χ2v) is 4.18. The van der Waals surface area contributed by atoms with Crippen LogP contribution in [0.2, 0.25) is 0 Å². The van der Waals surface area contributed by atoms with Gasteiger partial charge >= 0.3 is 0 Å². The Bertz CT molecular complexity index is 136. The Morgan fingerprint density at radius 2 is 2.17 bits per heavy atom. The third kappa shape index (κ3) is 2.20. The molecule has 1 aliphatic heterocycles. The van der Waals surface area contributed by atoms with Crippen LogP contribution < -0.4 is 0 Å². The minimum absolute atomic E-state index is 0.0765. The van der Waals surface area contributed by atoms with Crippen LogP contribution in [0.5, 0.6) is 0 Å². The molecule has 0 aromatic rings. The summed E-state index contributed by atoms with van der Waals surface area (Å²) in [5.41, 5.74) is 0. The number of nitrogens with zero attached hydrogens (tertiary/aromatic N) is 1. The van der Waals surface area contributed by atoms with E-state index < -0.39 is 0 Å². The lowest BCUT2D eigenvalue weighted by Gasteiger charge is -2.26. The van der Waals surface area contributed by atoms with E-state index in [1.54, 1.807) is 0 Å². The highest BCUT2D eigenvalue weighted by Crippen LogP contribution is 2.23. The molecule has 0 spiro atoms. The minimum atomic E-state index is -0.0765. The van der Waals surface area contributed by atoms with Crippen LogP contribution in [-0.4, -0.2) is 35.2 Å². The molecule has 0 aromatic carbocycles. The summed E-state index contributed by atoms with van der Waals surface area (Å²) in [7, 11) is 0. The fraction of sp³-hybridized carbons (Fsp3) is 1.00. The smallest absolute Gasteiger partial charge is 0.0707 e. The molecule has 0 unspecified atom stereocenters. The van der Waals surface area contributed by atoms with Crippen molar-refractivity contribution < 1.29 is 5.11 Å². The SMILES string of the molecule is CCN1CC[C@H](O)[C@H]1CC(C)C. The van der Waals surface area contributed by atoms with E-state index in [4.69, 9.17) is 0 Å². The van der Waals surface area contributed by atoms with E-state index in [1.807, 2.05) is 0 Å². The molecule has 0 radical (unpaired) electrons. The van der Waals surface area contributed by atoms with Crippen LogP contribution in [0.3, 0.4) is 0 Å². The highest BCUT2D eigenvalue weighted by atomic mass is 16.3. The summed E-state index contributed by atoms with van der Waals surface area (Å²) >= 11 is 0. The third-order valence-corrected chi connectivity index (χ3v) is 2.74. The number of hydrogen-bond acceptors (Lipinski definition) is 2. The highest BCUT2D eigenvalue weighted by Gasteiger charge is 2.31. The summed E-state index contributed by atoms with van der Waals surface area (Å²) < 4.78 is 0. The Labute approximate surface area is 75.6 Å². The van der Waals surface area contributed by atoms with Gasteiger partial charge in [-0.25, -0.2) is 0 Å². The van der Waals surface area contributed by atoms with Gasteiger partial charge in [-0.3, -0.25) is 4.90 Å². The van der Waals surface area contributed by atoms with E-state index in [9.17, 15) is 5.11 Å². The van der Waals surface area contributed by atoms with Crippen LogP contribution in [-0.2, 0) is 0 Å². The number of hydrogen-bond donors (Lipinski definition) is 1. The van der Waals surface area contributed by atoms with Gasteiger partial charge in [-0.2, -0.15) is 0 Å². The molecule has 0 aromatic heterocycles. The first-order chi connectivity index (χ1) is 5.65. The zero-order valence-corrected chi connectivity index (χ0v) is 8.45. The fourth-order valence-corrected chi connectivity index (χ4v) is 2.08. The average molecular weight is 171 g/mol. The molecule has 0 amide bonds. The lowest BCUT2D eigenvalue weighted by atomic mass is 10.00. The zero-order chi connectivity index (χ0) is 9.14. The molecule has 0 saturated carbocycles. The van der Waals surface area contributed by atoms with Gasteiger partial charge in [0, 0.05) is 12.6 Å². The molecule has 1 N–H and O–H groups in total. The number of likely N-dealkylation sites (N-methyl/N-ethyl adjacent to an activating group) is 1. The maximum atomic E-state index is 9.70. The summed E-state index contributed by atoms with van der Waals surface area (Å²) in [6, 6.07) is 0.426. The molecule has 1 heterocycles. The van der Waals surface area contributed by atoms with Crippen LogP contribution >= 0.6 is 0 Å². The van der Waals surface area contributed by atoms with Gasteiger partial charge in [0.05, 0.1) is 6.10 Å². The first kappa shape index (κ1) is 10.0. The van der Waals surface area contributed by atoms with Crippen LogP contribution in [0.4, 0.5) is 0 Å². The Morgan fingerprint density at radius 1 is 1.50 bits per heavy atom. The second kappa shape index (κ2) is 4.24. The van der Waals surface area contributed by atoms with Gasteiger partial charge in [0.1, 0.15) is 0 Å². The van der Waals surface area contributed by atoms with Crippen LogP contribution in [0.25, 0.3) is 0 Å². The molecule has 1 aliphatic rings. The minimum Gasteiger partial charge on any atom is -0.391 e. The van der Waals surface area contributed by atoms with Gasteiger partial charge in [0.25, 0.3) is 0 Å². The van der Waals surface area contributed by atoms with E-state index in [-0.39, 0.29) is 6.10 Å². The lowest BCUT2D eigenvalue weighted by molar-refractivity contribution is 0.104. The van der Waals surface area contributed by atoms with Crippen molar-refractivity contribution in [3.05, 3.63) is 0 Å². The number of aliphatic hydroxyl groups excluding tert-OH is 1. The Morgan fingerprint density at radius 3 is 2.67 bits per heavy atom. The van der Waals surface area contributed by atoms with Crippen molar-refractivity contribution in [2.45, 2.75) is 45.8 Å². The van der Waals surface area contributed by atoms with E-state index in [0.29, 0.717) is 12.0 Å². The topological polar surface area (TPSA) is 23.5 Å². The maximum Gasteiger partial charge on any atom is 0.0707 e. The van der Waals surface area contributed by atoms with Crippen molar-refractivity contribution in [3.63, 3.8) is 0 Å². The molecular formula is C10H21NO. The molecule has 72 valence electrons. The van der Waals surface area contributed by atoms with Gasteiger partial charge < -0.3 is 5.11 Å². The van der Waals surface area contributed by atoms with Crippen LogP contribution in [0.15, 0.2) is 0 Å². The number of likely N-dealkylation sites (tertiary alicyclic amines) is 1. The fourth-order valence-electron chi connectivity index (χ4n) is 2.08. The van der Waals surface area contributed by atoms with Crippen molar-refractivity contribution in [1.82, 2.24) is 4.90 Å². The Kier molecular flexibility index (Phi) is 3.53. The monoisotopic (exact) mass is 171 g/mol. The maximum absolute atomic E-state index is 9.70. The normalized spacial score (nSPS) is 31.8. The largest absolute Gasteiger partial charge is 0.391 e. The Hall–Kier alpha value is -0.0800. The summed E-state index contributed by atoms with van der Waals surface area (Å²) in [5, 5.41) is 9.70. The van der Waals surface area contributed by atoms with E-state index in [2.05, 4.69) is 25.7 Å². The van der Waals surface area contributed by atoms with Crippen molar-refractivity contribution in [3.8, 4) is 0 Å². The van der Waals surface area contributed by atoms with Gasteiger partial charge in [0.15, 0.2) is 0 Å². The molecule has 1 saturated heterocycles. The molecule has 1 rings (SSSR count). The van der Waals surface area contributed by atoms with E-state index >= 15 is 0 Å². The van der Waals surface area contributed by atoms with Crippen molar-refractivity contribution in [2.75, 3.05) is 13.1 Å². The summed E-state index contributed by atoms with van der Waals surface area (Å²) in [6.45, 7) is 8.77. The van der Waals surface area contributed by atoms with Crippen LogP contribution in [0.1, 0.15) is 33.6 Å². The molecule has 2 heteroatoms. The molecule has 2 atom stereocenters. The number of rotatable bonds is 3. The first-order valence-corrected chi connectivity index (χ1v) is 5.07. The zero-order valence-electron chi connectivity index (χ0n) is 8.45. The van der Waals surface area contributed by atoms with Gasteiger partial charge in [-0.1, -0.05) is 20.8 Å². The third-order valence-electron chi connectivity index (χ3n) is 2.74. The van der Waals surface area contributed by atoms with Gasteiger partial charge in [0.2, 0.25) is 0 Å². The summed E-state index contributed by atoms with van der Waals surface area (Å²) in [6.07, 6.45) is 2.02. The highest BCUT2D eigenvalue weighted by molar-refractivity contribution is 4.86. The molecule has 0 bridgehead atoms. The van der Waals surface area contributed by atoms with Crippen molar-refractivity contribution in [1.29, 1.82) is 0 Å². The predicted octanol–water partition coefficient (Wildman–Crippen LogP) is 1.49.